The molecule has 4 rings (SSSR count). The number of aliphatic carboxylic acids is 1. The molecule has 0 spiro atoms. The van der Waals surface area contributed by atoms with Gasteiger partial charge in [-0.3, -0.25) is 0 Å². The lowest BCUT2D eigenvalue weighted by Gasteiger charge is -2.16. The summed E-state index contributed by atoms with van der Waals surface area (Å²) in [5.41, 5.74) is 6.12. The summed E-state index contributed by atoms with van der Waals surface area (Å²) in [7, 11) is 0. The predicted molar refractivity (Wildman–Crippen MR) is 137 cm³/mol. The molecule has 35 heavy (non-hydrogen) atoms. The quantitative estimate of drug-likeness (QED) is 0.287. The van der Waals surface area contributed by atoms with E-state index in [1.807, 2.05) is 24.3 Å². The van der Waals surface area contributed by atoms with Crippen LogP contribution in [-0.4, -0.2) is 37.0 Å². The van der Waals surface area contributed by atoms with Gasteiger partial charge in [0, 0.05) is 18.9 Å². The second-order valence-electron chi connectivity index (χ2n) is 8.86. The molecule has 0 heterocycles. The average Bonchev–Trinajstić information content (AvgIpc) is 3.18. The third-order valence-corrected chi connectivity index (χ3v) is 6.45. The van der Waals surface area contributed by atoms with Crippen molar-refractivity contribution in [3.8, 4) is 22.6 Å². The Morgan fingerprint density at radius 3 is 2.34 bits per heavy atom. The van der Waals surface area contributed by atoms with Crippen molar-refractivity contribution in [3.63, 3.8) is 0 Å². The zero-order valence-electron chi connectivity index (χ0n) is 20.5. The van der Waals surface area contributed by atoms with Gasteiger partial charge < -0.3 is 19.3 Å². The van der Waals surface area contributed by atoms with E-state index in [9.17, 15) is 9.90 Å². The van der Waals surface area contributed by atoms with Crippen molar-refractivity contribution >= 4 is 5.97 Å². The van der Waals surface area contributed by atoms with E-state index in [1.165, 1.54) is 22.3 Å². The first-order chi connectivity index (χ1) is 17.1. The minimum absolute atomic E-state index is 0.262. The molecule has 0 aliphatic heterocycles. The van der Waals surface area contributed by atoms with Crippen LogP contribution in [0.15, 0.2) is 66.7 Å². The summed E-state index contributed by atoms with van der Waals surface area (Å²) in [4.78, 5) is 11.3. The van der Waals surface area contributed by atoms with Gasteiger partial charge in [-0.2, -0.15) is 0 Å². The molecule has 1 aliphatic rings. The van der Waals surface area contributed by atoms with Gasteiger partial charge in [0.2, 0.25) is 0 Å². The maximum absolute atomic E-state index is 11.3. The van der Waals surface area contributed by atoms with Crippen LogP contribution in [0.2, 0.25) is 0 Å². The molecule has 0 radical (unpaired) electrons. The number of benzene rings is 3. The van der Waals surface area contributed by atoms with E-state index < -0.39 is 12.1 Å². The number of hydrogen-bond donors (Lipinski definition) is 1. The highest BCUT2D eigenvalue weighted by Gasteiger charge is 2.28. The van der Waals surface area contributed by atoms with E-state index in [0.29, 0.717) is 19.6 Å². The molecular weight excluding hydrogens is 440 g/mol. The van der Waals surface area contributed by atoms with Gasteiger partial charge >= 0.3 is 5.97 Å². The average molecular weight is 475 g/mol. The zero-order valence-corrected chi connectivity index (χ0v) is 20.5. The number of carboxylic acids is 1. The lowest BCUT2D eigenvalue weighted by Crippen LogP contribution is -2.26. The highest BCUT2D eigenvalue weighted by Crippen LogP contribution is 2.47. The second kappa shape index (κ2) is 11.9. The molecule has 2 unspecified atom stereocenters. The first kappa shape index (κ1) is 24.8. The van der Waals surface area contributed by atoms with Crippen LogP contribution in [0.25, 0.3) is 11.1 Å². The molecule has 5 nitrogen and oxygen atoms in total. The van der Waals surface area contributed by atoms with Gasteiger partial charge in [-0.15, -0.1) is 0 Å². The molecule has 0 saturated carbocycles. The molecule has 0 bridgehead atoms. The first-order valence-corrected chi connectivity index (χ1v) is 12.5. The summed E-state index contributed by atoms with van der Waals surface area (Å²) in [5.74, 6) is 1.03. The Labute approximate surface area is 207 Å². The SMILES string of the molecule is CCCCOc1ccc2c(c1)C(CCOc1ccc(CC(OCC)C(=O)O)cc1)c1ccccc1-2. The molecule has 0 aromatic heterocycles. The monoisotopic (exact) mass is 474 g/mol. The minimum Gasteiger partial charge on any atom is -0.494 e. The summed E-state index contributed by atoms with van der Waals surface area (Å²) in [5, 5.41) is 9.29. The number of fused-ring (bicyclic) bond motifs is 3. The molecule has 1 N–H and O–H groups in total. The Kier molecular flexibility index (Phi) is 8.43. The van der Waals surface area contributed by atoms with Crippen molar-refractivity contribution in [2.24, 2.45) is 0 Å². The molecule has 3 aromatic carbocycles. The second-order valence-corrected chi connectivity index (χ2v) is 8.86. The number of unbranched alkanes of at least 4 members (excludes halogenated alkanes) is 1. The molecule has 2 atom stereocenters. The van der Waals surface area contributed by atoms with Crippen molar-refractivity contribution < 1.29 is 24.1 Å². The van der Waals surface area contributed by atoms with Crippen LogP contribution in [0.5, 0.6) is 11.5 Å². The molecule has 0 fully saturated rings. The molecule has 0 saturated heterocycles. The van der Waals surface area contributed by atoms with E-state index >= 15 is 0 Å². The number of ether oxygens (including phenoxy) is 3. The van der Waals surface area contributed by atoms with Crippen molar-refractivity contribution in [1.82, 2.24) is 0 Å². The lowest BCUT2D eigenvalue weighted by atomic mass is 9.94. The van der Waals surface area contributed by atoms with E-state index in [1.54, 1.807) is 6.92 Å². The molecule has 1 aliphatic carbocycles. The number of hydrogen-bond acceptors (Lipinski definition) is 4. The van der Waals surface area contributed by atoms with E-state index in [2.05, 4.69) is 49.4 Å². The Hall–Kier alpha value is -3.31. The smallest absolute Gasteiger partial charge is 0.333 e. The summed E-state index contributed by atoms with van der Waals surface area (Å²) in [6.45, 7) is 5.66. The van der Waals surface area contributed by atoms with Gasteiger partial charge in [-0.05, 0) is 71.8 Å². The summed E-state index contributed by atoms with van der Waals surface area (Å²) >= 11 is 0. The van der Waals surface area contributed by atoms with Crippen LogP contribution in [0.3, 0.4) is 0 Å². The van der Waals surface area contributed by atoms with E-state index in [0.717, 1.165) is 42.9 Å². The van der Waals surface area contributed by atoms with Crippen LogP contribution < -0.4 is 9.47 Å². The molecule has 3 aromatic rings. The van der Waals surface area contributed by atoms with Crippen LogP contribution in [0.1, 0.15) is 55.7 Å². The third-order valence-electron chi connectivity index (χ3n) is 6.45. The predicted octanol–water partition coefficient (Wildman–Crippen LogP) is 6.48. The molecule has 0 amide bonds. The van der Waals surface area contributed by atoms with Crippen molar-refractivity contribution in [3.05, 3.63) is 83.4 Å². The topological polar surface area (TPSA) is 65.0 Å². The highest BCUT2D eigenvalue weighted by atomic mass is 16.5. The van der Waals surface area contributed by atoms with Crippen molar-refractivity contribution in [1.29, 1.82) is 0 Å². The molecular formula is C30H34O5. The Bertz CT molecular complexity index is 1120. The lowest BCUT2D eigenvalue weighted by molar-refractivity contribution is -0.149. The Morgan fingerprint density at radius 2 is 1.60 bits per heavy atom. The summed E-state index contributed by atoms with van der Waals surface area (Å²) in [6, 6.07) is 22.7. The maximum atomic E-state index is 11.3. The number of carbonyl (C=O) groups is 1. The highest BCUT2D eigenvalue weighted by molar-refractivity contribution is 5.79. The van der Waals surface area contributed by atoms with Crippen molar-refractivity contribution in [2.45, 2.75) is 51.6 Å². The minimum atomic E-state index is -0.941. The van der Waals surface area contributed by atoms with Crippen LogP contribution >= 0.6 is 0 Å². The Balaban J connectivity index is 1.40. The largest absolute Gasteiger partial charge is 0.494 e. The van der Waals surface area contributed by atoms with Gasteiger partial charge in [0.25, 0.3) is 0 Å². The van der Waals surface area contributed by atoms with E-state index in [-0.39, 0.29) is 5.92 Å². The van der Waals surface area contributed by atoms with Gasteiger partial charge in [0.05, 0.1) is 13.2 Å². The van der Waals surface area contributed by atoms with Crippen molar-refractivity contribution in [2.75, 3.05) is 19.8 Å². The van der Waals surface area contributed by atoms with Crippen LogP contribution in [0, 0.1) is 0 Å². The third kappa shape index (κ3) is 6.04. The van der Waals surface area contributed by atoms with Gasteiger partial charge in [-0.1, -0.05) is 55.8 Å². The summed E-state index contributed by atoms with van der Waals surface area (Å²) < 4.78 is 17.4. The number of rotatable bonds is 13. The summed E-state index contributed by atoms with van der Waals surface area (Å²) in [6.07, 6.45) is 2.53. The van der Waals surface area contributed by atoms with Gasteiger partial charge in [-0.25, -0.2) is 4.79 Å². The first-order valence-electron chi connectivity index (χ1n) is 12.5. The fourth-order valence-corrected chi connectivity index (χ4v) is 4.67. The standard InChI is InChI=1S/C30H34O5/c1-3-5-17-34-23-14-15-26-24-8-6-7-9-25(24)27(28(26)20-23)16-18-35-22-12-10-21(11-13-22)19-29(30(31)32)33-4-2/h6-15,20,27,29H,3-5,16-19H2,1-2H3,(H,31,32). The fourth-order valence-electron chi connectivity index (χ4n) is 4.67. The van der Waals surface area contributed by atoms with Crippen LogP contribution in [0.4, 0.5) is 0 Å². The molecule has 5 heteroatoms. The fraction of sp³-hybridized carbons (Fsp3) is 0.367. The maximum Gasteiger partial charge on any atom is 0.333 e. The Morgan fingerprint density at radius 1 is 0.886 bits per heavy atom. The van der Waals surface area contributed by atoms with Gasteiger partial charge in [0.1, 0.15) is 11.5 Å². The van der Waals surface area contributed by atoms with Gasteiger partial charge in [0.15, 0.2) is 6.10 Å². The normalized spacial score (nSPS) is 14.7. The zero-order chi connectivity index (χ0) is 24.6. The van der Waals surface area contributed by atoms with E-state index in [4.69, 9.17) is 14.2 Å². The molecule has 184 valence electrons. The van der Waals surface area contributed by atoms with Crippen LogP contribution in [-0.2, 0) is 16.0 Å². The number of carboxylic acid groups (broad SMARTS) is 1.